The summed E-state index contributed by atoms with van der Waals surface area (Å²) in [5, 5.41) is 10.4. The van der Waals surface area contributed by atoms with Gasteiger partial charge in [0.15, 0.2) is 0 Å². The lowest BCUT2D eigenvalue weighted by Gasteiger charge is -1.96. The van der Waals surface area contributed by atoms with Crippen LogP contribution in [0.2, 0.25) is 0 Å². The average molecular weight is 184 g/mol. The van der Waals surface area contributed by atoms with Crippen LogP contribution in [0.5, 0.6) is 0 Å². The van der Waals surface area contributed by atoms with Crippen molar-refractivity contribution in [2.75, 3.05) is 5.75 Å². The standard InChI is InChI=1S/C7H8N2S2/c1-6(4-8)5-11-7-9-2-3-10-7/h2-3,6H,5H2,1H3. The topological polar surface area (TPSA) is 36.7 Å². The predicted octanol–water partition coefficient (Wildman–Crippen LogP) is 2.39. The fourth-order valence-electron chi connectivity index (χ4n) is 0.515. The lowest BCUT2D eigenvalue weighted by molar-refractivity contribution is 0.863. The Morgan fingerprint density at radius 1 is 1.91 bits per heavy atom. The molecule has 1 aromatic rings. The Kier molecular flexibility index (Phi) is 3.40. The van der Waals surface area contributed by atoms with Crippen LogP contribution in [0.3, 0.4) is 0 Å². The molecule has 0 aliphatic rings. The van der Waals surface area contributed by atoms with Gasteiger partial charge in [-0.25, -0.2) is 4.98 Å². The molecular formula is C7H8N2S2. The van der Waals surface area contributed by atoms with Gasteiger partial charge in [-0.05, 0) is 6.92 Å². The van der Waals surface area contributed by atoms with Crippen LogP contribution in [-0.2, 0) is 0 Å². The second-order valence-electron chi connectivity index (χ2n) is 2.14. The predicted molar refractivity (Wildman–Crippen MR) is 47.6 cm³/mol. The van der Waals surface area contributed by atoms with Crippen LogP contribution >= 0.6 is 23.1 Å². The number of hydrogen-bond acceptors (Lipinski definition) is 4. The van der Waals surface area contributed by atoms with E-state index in [0.717, 1.165) is 10.1 Å². The Balaban J connectivity index is 2.30. The Labute approximate surface area is 74.3 Å². The number of nitriles is 1. The first-order chi connectivity index (χ1) is 5.33. The zero-order valence-corrected chi connectivity index (χ0v) is 7.78. The average Bonchev–Trinajstić information content (AvgIpc) is 2.52. The molecule has 1 aromatic heterocycles. The van der Waals surface area contributed by atoms with E-state index in [2.05, 4.69) is 11.1 Å². The van der Waals surface area contributed by atoms with Gasteiger partial charge in [-0.15, -0.1) is 11.3 Å². The molecule has 2 nitrogen and oxygen atoms in total. The first kappa shape index (κ1) is 8.57. The highest BCUT2D eigenvalue weighted by Gasteiger charge is 2.01. The SMILES string of the molecule is CC(C#N)CSc1nccs1. The molecule has 0 radical (unpaired) electrons. The van der Waals surface area contributed by atoms with Gasteiger partial charge in [0, 0.05) is 17.3 Å². The van der Waals surface area contributed by atoms with E-state index in [1.807, 2.05) is 12.3 Å². The highest BCUT2D eigenvalue weighted by Crippen LogP contribution is 2.21. The maximum atomic E-state index is 8.48. The number of thiazole rings is 1. The minimum atomic E-state index is 0.115. The molecule has 1 atom stereocenters. The van der Waals surface area contributed by atoms with Crippen LogP contribution in [-0.4, -0.2) is 10.7 Å². The highest BCUT2D eigenvalue weighted by atomic mass is 32.2. The van der Waals surface area contributed by atoms with Crippen LogP contribution in [0.4, 0.5) is 0 Å². The van der Waals surface area contributed by atoms with Crippen molar-refractivity contribution >= 4 is 23.1 Å². The second-order valence-corrected chi connectivity index (χ2v) is 4.30. The van der Waals surface area contributed by atoms with Gasteiger partial charge < -0.3 is 0 Å². The van der Waals surface area contributed by atoms with E-state index in [-0.39, 0.29) is 5.92 Å². The van der Waals surface area contributed by atoms with E-state index in [4.69, 9.17) is 5.26 Å². The van der Waals surface area contributed by atoms with Gasteiger partial charge in [-0.2, -0.15) is 5.26 Å². The summed E-state index contributed by atoms with van der Waals surface area (Å²) in [7, 11) is 0. The van der Waals surface area contributed by atoms with Crippen molar-refractivity contribution in [3.05, 3.63) is 11.6 Å². The lowest BCUT2D eigenvalue weighted by atomic mass is 10.3. The third kappa shape index (κ3) is 2.91. The van der Waals surface area contributed by atoms with Gasteiger partial charge >= 0.3 is 0 Å². The van der Waals surface area contributed by atoms with Crippen molar-refractivity contribution < 1.29 is 0 Å². The molecule has 0 aliphatic carbocycles. The largest absolute Gasteiger partial charge is 0.238 e. The zero-order valence-electron chi connectivity index (χ0n) is 6.15. The molecule has 0 fully saturated rings. The Morgan fingerprint density at radius 2 is 2.73 bits per heavy atom. The van der Waals surface area contributed by atoms with Gasteiger partial charge in [-0.1, -0.05) is 11.8 Å². The molecule has 11 heavy (non-hydrogen) atoms. The number of rotatable bonds is 3. The van der Waals surface area contributed by atoms with Crippen molar-refractivity contribution in [1.29, 1.82) is 5.26 Å². The summed E-state index contributed by atoms with van der Waals surface area (Å²) >= 11 is 3.26. The van der Waals surface area contributed by atoms with E-state index < -0.39 is 0 Å². The molecule has 0 bridgehead atoms. The first-order valence-corrected chi connectivity index (χ1v) is 5.11. The Hall–Kier alpha value is -0.530. The lowest BCUT2D eigenvalue weighted by Crippen LogP contribution is -1.92. The van der Waals surface area contributed by atoms with E-state index in [1.54, 1.807) is 29.3 Å². The molecule has 0 spiro atoms. The smallest absolute Gasteiger partial charge is 0.149 e. The van der Waals surface area contributed by atoms with Gasteiger partial charge in [-0.3, -0.25) is 0 Å². The van der Waals surface area contributed by atoms with Crippen molar-refractivity contribution in [3.63, 3.8) is 0 Å². The van der Waals surface area contributed by atoms with Gasteiger partial charge in [0.1, 0.15) is 4.34 Å². The molecular weight excluding hydrogens is 176 g/mol. The van der Waals surface area contributed by atoms with Crippen molar-refractivity contribution in [3.8, 4) is 6.07 Å². The van der Waals surface area contributed by atoms with Gasteiger partial charge in [0.2, 0.25) is 0 Å². The number of hydrogen-bond donors (Lipinski definition) is 0. The quantitative estimate of drug-likeness (QED) is 0.677. The molecule has 4 heteroatoms. The first-order valence-electron chi connectivity index (χ1n) is 3.25. The fraction of sp³-hybridized carbons (Fsp3) is 0.429. The molecule has 58 valence electrons. The van der Waals surface area contributed by atoms with Crippen LogP contribution in [0.15, 0.2) is 15.9 Å². The maximum absolute atomic E-state index is 8.48. The maximum Gasteiger partial charge on any atom is 0.149 e. The van der Waals surface area contributed by atoms with Gasteiger partial charge in [0.05, 0.1) is 12.0 Å². The summed E-state index contributed by atoms with van der Waals surface area (Å²) in [6.07, 6.45) is 1.78. The van der Waals surface area contributed by atoms with Crippen molar-refractivity contribution in [1.82, 2.24) is 4.98 Å². The summed E-state index contributed by atoms with van der Waals surface area (Å²) in [4.78, 5) is 4.09. The molecule has 1 unspecified atom stereocenters. The van der Waals surface area contributed by atoms with Gasteiger partial charge in [0.25, 0.3) is 0 Å². The minimum absolute atomic E-state index is 0.115. The van der Waals surface area contributed by atoms with Crippen LogP contribution < -0.4 is 0 Å². The molecule has 0 saturated heterocycles. The molecule has 0 aromatic carbocycles. The third-order valence-corrected chi connectivity index (χ3v) is 3.31. The molecule has 1 rings (SSSR count). The number of nitrogens with zero attached hydrogens (tertiary/aromatic N) is 2. The van der Waals surface area contributed by atoms with Crippen LogP contribution in [0.1, 0.15) is 6.92 Å². The highest BCUT2D eigenvalue weighted by molar-refractivity contribution is 8.01. The Bertz CT molecular complexity index is 237. The second kappa shape index (κ2) is 4.37. The third-order valence-electron chi connectivity index (χ3n) is 1.09. The molecule has 0 amide bonds. The van der Waals surface area contributed by atoms with Crippen molar-refractivity contribution in [2.24, 2.45) is 5.92 Å². The van der Waals surface area contributed by atoms with Crippen molar-refractivity contribution in [2.45, 2.75) is 11.3 Å². The van der Waals surface area contributed by atoms with Crippen LogP contribution in [0, 0.1) is 17.2 Å². The summed E-state index contributed by atoms with van der Waals surface area (Å²) < 4.78 is 1.05. The molecule has 1 heterocycles. The Morgan fingerprint density at radius 3 is 3.27 bits per heavy atom. The molecule has 0 saturated carbocycles. The normalized spacial score (nSPS) is 12.4. The zero-order chi connectivity index (χ0) is 8.10. The minimum Gasteiger partial charge on any atom is -0.238 e. The van der Waals surface area contributed by atoms with E-state index in [9.17, 15) is 0 Å². The number of thioether (sulfide) groups is 1. The molecule has 0 aliphatic heterocycles. The number of aromatic nitrogens is 1. The monoisotopic (exact) mass is 184 g/mol. The molecule has 0 N–H and O–H groups in total. The summed E-state index contributed by atoms with van der Waals surface area (Å²) in [6, 6.07) is 2.18. The van der Waals surface area contributed by atoms with E-state index in [1.165, 1.54) is 0 Å². The summed E-state index contributed by atoms with van der Waals surface area (Å²) in [5.41, 5.74) is 0. The fourth-order valence-corrected chi connectivity index (χ4v) is 2.12. The summed E-state index contributed by atoms with van der Waals surface area (Å²) in [5.74, 6) is 0.952. The van der Waals surface area contributed by atoms with E-state index in [0.29, 0.717) is 0 Å². The summed E-state index contributed by atoms with van der Waals surface area (Å²) in [6.45, 7) is 1.92. The van der Waals surface area contributed by atoms with Crippen LogP contribution in [0.25, 0.3) is 0 Å². The van der Waals surface area contributed by atoms with E-state index >= 15 is 0 Å².